The molecule has 1 rings (SSSR count). The molecule has 19 heavy (non-hydrogen) atoms. The van der Waals surface area contributed by atoms with Gasteiger partial charge in [-0.2, -0.15) is 0 Å². The van der Waals surface area contributed by atoms with Gasteiger partial charge in [-0.3, -0.25) is 0 Å². The largest absolute Gasteiger partial charge is 0.383 e. The van der Waals surface area contributed by atoms with Gasteiger partial charge < -0.3 is 19.4 Å². The summed E-state index contributed by atoms with van der Waals surface area (Å²) < 4.78 is 13.0. The van der Waals surface area contributed by atoms with Gasteiger partial charge >= 0.3 is 0 Å². The maximum Gasteiger partial charge on any atom is 0.203 e. The van der Waals surface area contributed by atoms with Crippen molar-refractivity contribution in [3.63, 3.8) is 0 Å². The molecule has 0 radical (unpaired) electrons. The molecule has 0 aliphatic rings. The molecule has 1 heterocycles. The summed E-state index contributed by atoms with van der Waals surface area (Å²) in [7, 11) is 1.70. The van der Waals surface area contributed by atoms with Gasteiger partial charge in [0.05, 0.1) is 24.4 Å². The molecule has 5 nitrogen and oxygen atoms in total. The van der Waals surface area contributed by atoms with Crippen molar-refractivity contribution in [1.29, 1.82) is 0 Å². The zero-order chi connectivity index (χ0) is 14.5. The van der Waals surface area contributed by atoms with Crippen molar-refractivity contribution in [2.75, 3.05) is 25.6 Å². The second-order valence-electron chi connectivity index (χ2n) is 5.53. The predicted molar refractivity (Wildman–Crippen MR) is 77.6 cm³/mol. The highest BCUT2D eigenvalue weighted by molar-refractivity contribution is 5.30. The van der Waals surface area contributed by atoms with Crippen molar-refractivity contribution >= 4 is 5.95 Å². The summed E-state index contributed by atoms with van der Waals surface area (Å²) in [6.07, 6.45) is 2.04. The molecule has 1 aromatic rings. The number of rotatable bonds is 8. The number of methoxy groups -OCH3 is 1. The quantitative estimate of drug-likeness (QED) is 0.787. The minimum absolute atomic E-state index is 0.206. The van der Waals surface area contributed by atoms with E-state index >= 15 is 0 Å². The van der Waals surface area contributed by atoms with E-state index in [1.165, 1.54) is 0 Å². The highest BCUT2D eigenvalue weighted by atomic mass is 16.5. The second kappa shape index (κ2) is 6.91. The number of aryl methyl sites for hydroxylation is 1. The molecular weight excluding hydrogens is 242 g/mol. The molecule has 5 heteroatoms. The zero-order valence-electron chi connectivity index (χ0n) is 13.0. The predicted octanol–water partition coefficient (Wildman–Crippen LogP) is 2.45. The van der Waals surface area contributed by atoms with E-state index in [1.54, 1.807) is 7.11 Å². The molecule has 0 saturated carbocycles. The highest BCUT2D eigenvalue weighted by Crippen LogP contribution is 2.17. The molecule has 1 atom stereocenters. The Balaban J connectivity index is 2.78. The topological polar surface area (TPSA) is 48.3 Å². The van der Waals surface area contributed by atoms with Crippen LogP contribution in [0.4, 0.5) is 5.95 Å². The van der Waals surface area contributed by atoms with E-state index in [0.717, 1.165) is 18.2 Å². The average molecular weight is 269 g/mol. The van der Waals surface area contributed by atoms with Crippen LogP contribution in [0.2, 0.25) is 0 Å². The normalized spacial score (nSPS) is 13.6. The minimum atomic E-state index is -0.206. The van der Waals surface area contributed by atoms with Crippen LogP contribution < -0.4 is 5.32 Å². The van der Waals surface area contributed by atoms with E-state index in [1.807, 2.05) is 20.0 Å². The number of anilines is 1. The number of aromatic nitrogens is 2. The Kier molecular flexibility index (Phi) is 5.82. The summed E-state index contributed by atoms with van der Waals surface area (Å²) in [6, 6.07) is 0.223. The van der Waals surface area contributed by atoms with Crippen molar-refractivity contribution < 1.29 is 9.47 Å². The third kappa shape index (κ3) is 5.20. The molecule has 0 fully saturated rings. The number of ether oxygens (including phenoxy) is 2. The molecular formula is C14H27N3O2. The Bertz CT molecular complexity index is 388. The Morgan fingerprint density at radius 1 is 1.47 bits per heavy atom. The van der Waals surface area contributed by atoms with E-state index in [0.29, 0.717) is 13.2 Å². The molecule has 0 spiro atoms. The lowest BCUT2D eigenvalue weighted by atomic mass is 10.1. The molecule has 0 aromatic carbocycles. The van der Waals surface area contributed by atoms with Crippen molar-refractivity contribution in [1.82, 2.24) is 9.55 Å². The van der Waals surface area contributed by atoms with E-state index in [9.17, 15) is 0 Å². The van der Waals surface area contributed by atoms with Gasteiger partial charge in [0.15, 0.2) is 0 Å². The van der Waals surface area contributed by atoms with Crippen LogP contribution in [0.1, 0.15) is 33.4 Å². The van der Waals surface area contributed by atoms with Gasteiger partial charge in [0.25, 0.3) is 0 Å². The Morgan fingerprint density at radius 2 is 2.16 bits per heavy atom. The van der Waals surface area contributed by atoms with Gasteiger partial charge in [-0.1, -0.05) is 0 Å². The number of nitrogens with zero attached hydrogens (tertiary/aromatic N) is 2. The lowest BCUT2D eigenvalue weighted by Gasteiger charge is -2.26. The maximum absolute atomic E-state index is 5.75. The molecule has 110 valence electrons. The Hall–Kier alpha value is -1.07. The van der Waals surface area contributed by atoms with Crippen LogP contribution in [-0.4, -0.2) is 41.5 Å². The third-order valence-corrected chi connectivity index (χ3v) is 2.78. The molecule has 1 unspecified atom stereocenters. The monoisotopic (exact) mass is 269 g/mol. The van der Waals surface area contributed by atoms with Crippen molar-refractivity contribution in [2.24, 2.45) is 0 Å². The van der Waals surface area contributed by atoms with Gasteiger partial charge in [0.2, 0.25) is 5.95 Å². The van der Waals surface area contributed by atoms with Crippen LogP contribution >= 0.6 is 0 Å². The summed E-state index contributed by atoms with van der Waals surface area (Å²) in [5.41, 5.74) is 0.794. The summed E-state index contributed by atoms with van der Waals surface area (Å²) in [5, 5.41) is 3.37. The average Bonchev–Trinajstić information content (AvgIpc) is 2.57. The van der Waals surface area contributed by atoms with Gasteiger partial charge in [0, 0.05) is 26.0 Å². The van der Waals surface area contributed by atoms with Crippen LogP contribution in [0.5, 0.6) is 0 Å². The fraction of sp³-hybridized carbons (Fsp3) is 0.786. The van der Waals surface area contributed by atoms with E-state index in [4.69, 9.17) is 9.47 Å². The van der Waals surface area contributed by atoms with E-state index in [-0.39, 0.29) is 11.6 Å². The van der Waals surface area contributed by atoms with Gasteiger partial charge in [0.1, 0.15) is 0 Å². The number of nitrogens with one attached hydrogen (secondary N) is 1. The highest BCUT2D eigenvalue weighted by Gasteiger charge is 2.21. The van der Waals surface area contributed by atoms with Crippen LogP contribution in [0.15, 0.2) is 6.20 Å². The van der Waals surface area contributed by atoms with Crippen LogP contribution in [0.25, 0.3) is 0 Å². The molecule has 0 amide bonds. The number of hydrogen-bond donors (Lipinski definition) is 1. The lowest BCUT2D eigenvalue weighted by Crippen LogP contribution is -2.32. The van der Waals surface area contributed by atoms with Gasteiger partial charge in [-0.25, -0.2) is 4.98 Å². The van der Waals surface area contributed by atoms with Gasteiger partial charge in [-0.15, -0.1) is 0 Å². The summed E-state index contributed by atoms with van der Waals surface area (Å²) in [5.74, 6) is 0.870. The number of hydrogen-bond acceptors (Lipinski definition) is 4. The smallest absolute Gasteiger partial charge is 0.203 e. The third-order valence-electron chi connectivity index (χ3n) is 2.78. The fourth-order valence-corrected chi connectivity index (χ4v) is 2.14. The first-order valence-electron chi connectivity index (χ1n) is 6.81. The first-order chi connectivity index (χ1) is 8.88. The van der Waals surface area contributed by atoms with Crippen LogP contribution in [0.3, 0.4) is 0 Å². The fourth-order valence-electron chi connectivity index (χ4n) is 2.14. The van der Waals surface area contributed by atoms with Crippen molar-refractivity contribution in [3.05, 3.63) is 11.9 Å². The van der Waals surface area contributed by atoms with E-state index in [2.05, 4.69) is 35.6 Å². The molecule has 0 saturated heterocycles. The van der Waals surface area contributed by atoms with Crippen molar-refractivity contribution in [2.45, 2.75) is 52.8 Å². The Morgan fingerprint density at radius 3 is 2.74 bits per heavy atom. The standard InChI is InChI=1S/C14H27N3O2/c1-7-19-14(4,5)10-17-8-11(2)15-13(17)16-12(3)9-18-6/h8,12H,7,9-10H2,1-6H3,(H,15,16). The summed E-state index contributed by atoms with van der Waals surface area (Å²) in [6.45, 7) is 12.4. The summed E-state index contributed by atoms with van der Waals surface area (Å²) >= 11 is 0. The molecule has 0 aliphatic carbocycles. The van der Waals surface area contributed by atoms with E-state index < -0.39 is 0 Å². The molecule has 0 aliphatic heterocycles. The SMILES string of the molecule is CCOC(C)(C)Cn1cc(C)nc1NC(C)COC. The first-order valence-corrected chi connectivity index (χ1v) is 6.81. The van der Waals surface area contributed by atoms with Crippen molar-refractivity contribution in [3.8, 4) is 0 Å². The Labute approximate surface area is 116 Å². The zero-order valence-corrected chi connectivity index (χ0v) is 13.0. The molecule has 0 bridgehead atoms. The maximum atomic E-state index is 5.75. The first kappa shape index (κ1) is 16.0. The molecule has 1 N–H and O–H groups in total. The van der Waals surface area contributed by atoms with Gasteiger partial charge in [-0.05, 0) is 34.6 Å². The lowest BCUT2D eigenvalue weighted by molar-refractivity contribution is -0.0220. The summed E-state index contributed by atoms with van der Waals surface area (Å²) in [4.78, 5) is 4.52. The van der Waals surface area contributed by atoms with Crippen LogP contribution in [0, 0.1) is 6.92 Å². The number of imidazole rings is 1. The molecule has 1 aromatic heterocycles. The van der Waals surface area contributed by atoms with Crippen LogP contribution in [-0.2, 0) is 16.0 Å². The second-order valence-corrected chi connectivity index (χ2v) is 5.53. The minimum Gasteiger partial charge on any atom is -0.383 e.